The van der Waals surface area contributed by atoms with Crippen LogP contribution in [0.3, 0.4) is 0 Å². The lowest BCUT2D eigenvalue weighted by Crippen LogP contribution is -2.32. The minimum absolute atomic E-state index is 0.0166. The van der Waals surface area contributed by atoms with Crippen molar-refractivity contribution < 1.29 is 23.9 Å². The van der Waals surface area contributed by atoms with Crippen LogP contribution in [0.1, 0.15) is 21.5 Å². The highest BCUT2D eigenvalue weighted by Gasteiger charge is 2.29. The van der Waals surface area contributed by atoms with Crippen molar-refractivity contribution in [1.82, 2.24) is 15.5 Å². The van der Waals surface area contributed by atoms with E-state index in [1.54, 1.807) is 24.3 Å². The molecule has 2 aliphatic rings. The average Bonchev–Trinajstić information content (AvgIpc) is 3.04. The van der Waals surface area contributed by atoms with Gasteiger partial charge in [0.2, 0.25) is 5.91 Å². The number of nitrogens with one attached hydrogen (secondary N) is 2. The van der Waals surface area contributed by atoms with Crippen LogP contribution < -0.4 is 20.1 Å². The largest absolute Gasteiger partial charge is 0.486 e. The summed E-state index contributed by atoms with van der Waals surface area (Å²) in [5, 5.41) is 5.35. The van der Waals surface area contributed by atoms with Gasteiger partial charge >= 0.3 is 6.03 Å². The van der Waals surface area contributed by atoms with Gasteiger partial charge < -0.3 is 20.1 Å². The Bertz CT molecular complexity index is 927. The van der Waals surface area contributed by atoms with E-state index in [2.05, 4.69) is 10.6 Å². The van der Waals surface area contributed by atoms with Crippen molar-refractivity contribution in [3.8, 4) is 11.5 Å². The number of ether oxygens (including phenoxy) is 2. The molecular weight excluding hydrogens is 362 g/mol. The fourth-order valence-electron chi connectivity index (χ4n) is 3.14. The molecule has 0 aromatic heterocycles. The second-order valence-electron chi connectivity index (χ2n) is 6.46. The van der Waals surface area contributed by atoms with Gasteiger partial charge in [-0.15, -0.1) is 0 Å². The molecule has 2 N–H and O–H groups in total. The van der Waals surface area contributed by atoms with Crippen molar-refractivity contribution >= 4 is 17.8 Å². The maximum atomic E-state index is 12.7. The summed E-state index contributed by atoms with van der Waals surface area (Å²) >= 11 is 0. The molecule has 0 unspecified atom stereocenters. The van der Waals surface area contributed by atoms with Crippen LogP contribution >= 0.6 is 0 Å². The maximum absolute atomic E-state index is 12.7. The van der Waals surface area contributed by atoms with Gasteiger partial charge in [-0.2, -0.15) is 0 Å². The number of hydrogen-bond acceptors (Lipinski definition) is 5. The lowest BCUT2D eigenvalue weighted by atomic mass is 10.1. The van der Waals surface area contributed by atoms with E-state index in [9.17, 15) is 14.4 Å². The van der Waals surface area contributed by atoms with Crippen LogP contribution in [0.4, 0.5) is 4.79 Å². The van der Waals surface area contributed by atoms with Crippen LogP contribution in [0.25, 0.3) is 0 Å². The van der Waals surface area contributed by atoms with E-state index >= 15 is 0 Å². The first kappa shape index (κ1) is 17.8. The molecule has 0 radical (unpaired) electrons. The van der Waals surface area contributed by atoms with Crippen LogP contribution in [0.2, 0.25) is 0 Å². The van der Waals surface area contributed by atoms with Crippen LogP contribution in [0, 0.1) is 0 Å². The molecule has 1 fully saturated rings. The van der Waals surface area contributed by atoms with Gasteiger partial charge in [-0.1, -0.05) is 24.3 Å². The number of rotatable bonds is 5. The van der Waals surface area contributed by atoms with Gasteiger partial charge in [-0.3, -0.25) is 14.5 Å². The van der Waals surface area contributed by atoms with Crippen LogP contribution in [0.5, 0.6) is 11.5 Å². The zero-order valence-corrected chi connectivity index (χ0v) is 15.1. The van der Waals surface area contributed by atoms with Gasteiger partial charge in [0.25, 0.3) is 5.91 Å². The lowest BCUT2D eigenvalue weighted by molar-refractivity contribution is -0.125. The zero-order valence-electron chi connectivity index (χ0n) is 15.1. The standard InChI is InChI=1S/C20H19N3O5/c24-18-11-22-20(26)23(18)12-14-3-1-2-4-15(14)19(25)21-10-13-5-6-16-17(9-13)28-8-7-27-16/h1-6,9H,7-8,10-12H2,(H,21,25)(H,22,26). The summed E-state index contributed by atoms with van der Waals surface area (Å²) < 4.78 is 11.0. The summed E-state index contributed by atoms with van der Waals surface area (Å²) in [5.41, 5.74) is 1.91. The monoisotopic (exact) mass is 381 g/mol. The molecule has 0 atom stereocenters. The Morgan fingerprint density at radius 3 is 2.64 bits per heavy atom. The van der Waals surface area contributed by atoms with E-state index in [0.29, 0.717) is 42.4 Å². The van der Waals surface area contributed by atoms with E-state index in [4.69, 9.17) is 9.47 Å². The lowest BCUT2D eigenvalue weighted by Gasteiger charge is -2.19. The second kappa shape index (κ2) is 7.59. The molecule has 4 amide bonds. The molecule has 2 heterocycles. The molecule has 2 aliphatic heterocycles. The molecule has 1 saturated heterocycles. The Hall–Kier alpha value is -3.55. The number of benzene rings is 2. The Morgan fingerprint density at radius 2 is 1.86 bits per heavy atom. The van der Waals surface area contributed by atoms with E-state index in [1.807, 2.05) is 18.2 Å². The molecule has 144 valence electrons. The van der Waals surface area contributed by atoms with Crippen molar-refractivity contribution in [3.63, 3.8) is 0 Å². The van der Waals surface area contributed by atoms with Gasteiger partial charge in [0.05, 0.1) is 13.1 Å². The number of urea groups is 1. The highest BCUT2D eigenvalue weighted by atomic mass is 16.6. The number of imide groups is 1. The van der Waals surface area contributed by atoms with Gasteiger partial charge in [0.1, 0.15) is 13.2 Å². The minimum Gasteiger partial charge on any atom is -0.486 e. The average molecular weight is 381 g/mol. The van der Waals surface area contributed by atoms with E-state index in [1.165, 1.54) is 0 Å². The van der Waals surface area contributed by atoms with Crippen molar-refractivity contribution in [3.05, 3.63) is 59.2 Å². The molecule has 8 heteroatoms. The first-order valence-electron chi connectivity index (χ1n) is 8.94. The van der Waals surface area contributed by atoms with Gasteiger partial charge in [0.15, 0.2) is 11.5 Å². The van der Waals surface area contributed by atoms with E-state index in [0.717, 1.165) is 10.5 Å². The third-order valence-electron chi connectivity index (χ3n) is 4.59. The Balaban J connectivity index is 1.45. The molecule has 4 rings (SSSR count). The summed E-state index contributed by atoms with van der Waals surface area (Å²) in [6.07, 6.45) is 0. The van der Waals surface area contributed by atoms with Crippen molar-refractivity contribution in [2.45, 2.75) is 13.1 Å². The van der Waals surface area contributed by atoms with Crippen molar-refractivity contribution in [2.75, 3.05) is 19.8 Å². The summed E-state index contributed by atoms with van der Waals surface area (Å²) in [4.78, 5) is 37.4. The summed E-state index contributed by atoms with van der Waals surface area (Å²) in [6.45, 7) is 1.37. The molecule has 2 aromatic rings. The number of hydrogen-bond donors (Lipinski definition) is 2. The topological polar surface area (TPSA) is 97.0 Å². The van der Waals surface area contributed by atoms with Gasteiger partial charge in [-0.05, 0) is 29.3 Å². The Kier molecular flexibility index (Phi) is 4.84. The molecule has 0 bridgehead atoms. The molecular formula is C20H19N3O5. The number of carbonyl (C=O) groups excluding carboxylic acids is 3. The Labute approximate surface area is 161 Å². The van der Waals surface area contributed by atoms with Gasteiger partial charge in [0, 0.05) is 12.1 Å². The zero-order chi connectivity index (χ0) is 19.5. The summed E-state index contributed by atoms with van der Waals surface area (Å²) in [7, 11) is 0. The molecule has 0 spiro atoms. The van der Waals surface area contributed by atoms with Crippen LogP contribution in [-0.4, -0.2) is 42.5 Å². The molecule has 8 nitrogen and oxygen atoms in total. The van der Waals surface area contributed by atoms with Gasteiger partial charge in [-0.25, -0.2) is 4.79 Å². The molecule has 2 aromatic carbocycles. The SMILES string of the molecule is O=C(NCc1ccc2c(c1)OCCO2)c1ccccc1CN1C(=O)CNC1=O. The van der Waals surface area contributed by atoms with E-state index in [-0.39, 0.29) is 24.9 Å². The number of fused-ring (bicyclic) bond motifs is 1. The van der Waals surface area contributed by atoms with Crippen LogP contribution in [-0.2, 0) is 17.9 Å². The number of carbonyl (C=O) groups is 3. The first-order chi connectivity index (χ1) is 13.6. The number of amides is 4. The van der Waals surface area contributed by atoms with Crippen LogP contribution in [0.15, 0.2) is 42.5 Å². The third kappa shape index (κ3) is 3.62. The molecule has 28 heavy (non-hydrogen) atoms. The highest BCUT2D eigenvalue weighted by molar-refractivity contribution is 6.02. The van der Waals surface area contributed by atoms with Crippen molar-refractivity contribution in [1.29, 1.82) is 0 Å². The summed E-state index contributed by atoms with van der Waals surface area (Å²) in [5.74, 6) is 0.770. The minimum atomic E-state index is -0.448. The highest BCUT2D eigenvalue weighted by Crippen LogP contribution is 2.30. The fraction of sp³-hybridized carbons (Fsp3) is 0.250. The third-order valence-corrected chi connectivity index (χ3v) is 4.59. The first-order valence-corrected chi connectivity index (χ1v) is 8.94. The number of nitrogens with zero attached hydrogens (tertiary/aromatic N) is 1. The smallest absolute Gasteiger partial charge is 0.324 e. The predicted molar refractivity (Wildman–Crippen MR) is 99.0 cm³/mol. The summed E-state index contributed by atoms with van der Waals surface area (Å²) in [6, 6.07) is 12.0. The quantitative estimate of drug-likeness (QED) is 0.764. The molecule has 0 aliphatic carbocycles. The Morgan fingerprint density at radius 1 is 1.07 bits per heavy atom. The predicted octanol–water partition coefficient (Wildman–Crippen LogP) is 1.44. The maximum Gasteiger partial charge on any atom is 0.324 e. The fourth-order valence-corrected chi connectivity index (χ4v) is 3.14. The normalized spacial score (nSPS) is 15.4. The van der Waals surface area contributed by atoms with Crippen molar-refractivity contribution in [2.24, 2.45) is 0 Å². The second-order valence-corrected chi connectivity index (χ2v) is 6.46. The van der Waals surface area contributed by atoms with E-state index < -0.39 is 6.03 Å². The molecule has 0 saturated carbocycles.